The summed E-state index contributed by atoms with van der Waals surface area (Å²) in [4.78, 5) is 11.7. The van der Waals surface area contributed by atoms with Crippen LogP contribution in [0.1, 0.15) is 31.7 Å². The van der Waals surface area contributed by atoms with Crippen LogP contribution in [-0.2, 0) is 11.2 Å². The number of para-hydroxylation sites is 1. The molecule has 2 rings (SSSR count). The zero-order chi connectivity index (χ0) is 12.3. The summed E-state index contributed by atoms with van der Waals surface area (Å²) in [6.07, 6.45) is 3.51. The van der Waals surface area contributed by atoms with Crippen LogP contribution < -0.4 is 5.32 Å². The predicted octanol–water partition coefficient (Wildman–Crippen LogP) is 2.24. The van der Waals surface area contributed by atoms with Gasteiger partial charge in [0.15, 0.2) is 0 Å². The van der Waals surface area contributed by atoms with E-state index in [0.717, 1.165) is 5.56 Å². The summed E-state index contributed by atoms with van der Waals surface area (Å²) in [5.41, 5.74) is 0.835. The number of nitrogens with one attached hydrogen (secondary N) is 1. The van der Waals surface area contributed by atoms with E-state index in [1.807, 2.05) is 12.1 Å². The summed E-state index contributed by atoms with van der Waals surface area (Å²) in [6.45, 7) is 2.07. The highest BCUT2D eigenvalue weighted by Crippen LogP contribution is 2.32. The molecule has 1 atom stereocenters. The first-order chi connectivity index (χ1) is 8.16. The van der Waals surface area contributed by atoms with Crippen LogP contribution in [0, 0.1) is 5.92 Å². The van der Waals surface area contributed by atoms with E-state index in [4.69, 9.17) is 0 Å². The SMILES string of the molecule is CC(NC(=O)CCc1ccccc1O)C1CC1. The van der Waals surface area contributed by atoms with E-state index in [0.29, 0.717) is 24.8 Å². The Morgan fingerprint density at radius 2 is 2.18 bits per heavy atom. The van der Waals surface area contributed by atoms with E-state index >= 15 is 0 Å². The minimum Gasteiger partial charge on any atom is -0.508 e. The number of rotatable bonds is 5. The molecule has 3 nitrogen and oxygen atoms in total. The molecule has 0 spiro atoms. The molecule has 1 aromatic carbocycles. The third-order valence-corrected chi connectivity index (χ3v) is 3.33. The van der Waals surface area contributed by atoms with Crippen molar-refractivity contribution in [3.05, 3.63) is 29.8 Å². The minimum absolute atomic E-state index is 0.0765. The van der Waals surface area contributed by atoms with Gasteiger partial charge in [-0.2, -0.15) is 0 Å². The van der Waals surface area contributed by atoms with Gasteiger partial charge in [-0.3, -0.25) is 4.79 Å². The molecule has 2 N–H and O–H groups in total. The lowest BCUT2D eigenvalue weighted by atomic mass is 10.1. The van der Waals surface area contributed by atoms with Crippen LogP contribution in [0.4, 0.5) is 0 Å². The van der Waals surface area contributed by atoms with E-state index in [9.17, 15) is 9.90 Å². The van der Waals surface area contributed by atoms with E-state index in [2.05, 4.69) is 12.2 Å². The lowest BCUT2D eigenvalue weighted by Crippen LogP contribution is -2.34. The van der Waals surface area contributed by atoms with Gasteiger partial charge in [-0.25, -0.2) is 0 Å². The maximum absolute atomic E-state index is 11.7. The third kappa shape index (κ3) is 3.48. The number of benzene rings is 1. The molecule has 1 fully saturated rings. The molecule has 1 aromatic rings. The molecule has 0 saturated heterocycles. The summed E-state index contributed by atoms with van der Waals surface area (Å²) < 4.78 is 0. The molecule has 0 aliphatic heterocycles. The number of amides is 1. The average molecular weight is 233 g/mol. The molecule has 0 bridgehead atoms. The maximum atomic E-state index is 11.7. The van der Waals surface area contributed by atoms with Crippen LogP contribution in [0.3, 0.4) is 0 Å². The van der Waals surface area contributed by atoms with E-state index in [-0.39, 0.29) is 11.7 Å². The molecule has 0 heterocycles. The van der Waals surface area contributed by atoms with Gasteiger partial charge in [0, 0.05) is 12.5 Å². The normalized spacial score (nSPS) is 16.5. The first kappa shape index (κ1) is 12.0. The largest absolute Gasteiger partial charge is 0.508 e. The fourth-order valence-corrected chi connectivity index (χ4v) is 2.01. The zero-order valence-corrected chi connectivity index (χ0v) is 10.1. The van der Waals surface area contributed by atoms with Crippen LogP contribution in [0.15, 0.2) is 24.3 Å². The highest BCUT2D eigenvalue weighted by atomic mass is 16.3. The molecule has 1 unspecified atom stereocenters. The van der Waals surface area contributed by atoms with Crippen molar-refractivity contribution in [1.29, 1.82) is 0 Å². The third-order valence-electron chi connectivity index (χ3n) is 3.33. The number of carbonyl (C=O) groups excluding carboxylic acids is 1. The number of phenolic OH excluding ortho intramolecular Hbond substituents is 1. The van der Waals surface area contributed by atoms with E-state index in [1.54, 1.807) is 12.1 Å². The quantitative estimate of drug-likeness (QED) is 0.819. The van der Waals surface area contributed by atoms with Gasteiger partial charge >= 0.3 is 0 Å². The second-order valence-electron chi connectivity index (χ2n) is 4.82. The Hall–Kier alpha value is -1.51. The highest BCUT2D eigenvalue weighted by molar-refractivity contribution is 5.76. The Morgan fingerprint density at radius 1 is 1.47 bits per heavy atom. The standard InChI is InChI=1S/C14H19NO2/c1-10(11-6-7-11)15-14(17)9-8-12-4-2-3-5-13(12)16/h2-5,10-11,16H,6-9H2,1H3,(H,15,17). The maximum Gasteiger partial charge on any atom is 0.220 e. The van der Waals surface area contributed by atoms with Gasteiger partial charge in [-0.05, 0) is 43.7 Å². The van der Waals surface area contributed by atoms with E-state index < -0.39 is 0 Å². The number of carbonyl (C=O) groups is 1. The Morgan fingerprint density at radius 3 is 2.82 bits per heavy atom. The Labute approximate surface area is 102 Å². The van der Waals surface area contributed by atoms with E-state index in [1.165, 1.54) is 12.8 Å². The fourth-order valence-electron chi connectivity index (χ4n) is 2.01. The van der Waals surface area contributed by atoms with Crippen molar-refractivity contribution in [2.24, 2.45) is 5.92 Å². The monoisotopic (exact) mass is 233 g/mol. The van der Waals surface area contributed by atoms with Crippen molar-refractivity contribution >= 4 is 5.91 Å². The van der Waals surface area contributed by atoms with Gasteiger partial charge in [0.1, 0.15) is 5.75 Å². The average Bonchev–Trinajstić information content (AvgIpc) is 3.11. The lowest BCUT2D eigenvalue weighted by molar-refractivity contribution is -0.121. The van der Waals surface area contributed by atoms with Crippen LogP contribution in [0.5, 0.6) is 5.75 Å². The number of aromatic hydroxyl groups is 1. The lowest BCUT2D eigenvalue weighted by Gasteiger charge is -2.12. The van der Waals surface area contributed by atoms with Crippen LogP contribution in [-0.4, -0.2) is 17.1 Å². The number of hydrogen-bond acceptors (Lipinski definition) is 2. The van der Waals surface area contributed by atoms with Crippen molar-refractivity contribution in [2.75, 3.05) is 0 Å². The first-order valence-electron chi connectivity index (χ1n) is 6.23. The van der Waals surface area contributed by atoms with Gasteiger partial charge < -0.3 is 10.4 Å². The summed E-state index contributed by atoms with van der Waals surface area (Å²) in [5, 5.41) is 12.6. The Bertz CT molecular complexity index is 399. The Kier molecular flexibility index (Phi) is 3.67. The van der Waals surface area contributed by atoms with Crippen molar-refractivity contribution in [2.45, 2.75) is 38.6 Å². The molecular formula is C14H19NO2. The molecule has 3 heteroatoms. The predicted molar refractivity (Wildman–Crippen MR) is 66.8 cm³/mol. The van der Waals surface area contributed by atoms with Gasteiger partial charge in [0.05, 0.1) is 0 Å². The van der Waals surface area contributed by atoms with Crippen molar-refractivity contribution in [3.8, 4) is 5.75 Å². The number of phenols is 1. The second kappa shape index (κ2) is 5.21. The van der Waals surface area contributed by atoms with Crippen molar-refractivity contribution in [3.63, 3.8) is 0 Å². The molecule has 1 aliphatic carbocycles. The van der Waals surface area contributed by atoms with Gasteiger partial charge in [0.2, 0.25) is 5.91 Å². The van der Waals surface area contributed by atoms with Gasteiger partial charge in [-0.1, -0.05) is 18.2 Å². The molecule has 1 aliphatic rings. The summed E-state index contributed by atoms with van der Waals surface area (Å²) >= 11 is 0. The van der Waals surface area contributed by atoms with Gasteiger partial charge in [0.25, 0.3) is 0 Å². The van der Waals surface area contributed by atoms with Crippen LogP contribution >= 0.6 is 0 Å². The summed E-state index contributed by atoms with van der Waals surface area (Å²) in [5.74, 6) is 1.03. The summed E-state index contributed by atoms with van der Waals surface area (Å²) in [7, 11) is 0. The van der Waals surface area contributed by atoms with Gasteiger partial charge in [-0.15, -0.1) is 0 Å². The second-order valence-corrected chi connectivity index (χ2v) is 4.82. The molecule has 1 amide bonds. The Balaban J connectivity index is 1.77. The highest BCUT2D eigenvalue weighted by Gasteiger charge is 2.28. The minimum atomic E-state index is 0.0765. The van der Waals surface area contributed by atoms with Crippen LogP contribution in [0.2, 0.25) is 0 Å². The zero-order valence-electron chi connectivity index (χ0n) is 10.1. The smallest absolute Gasteiger partial charge is 0.220 e. The number of aryl methyl sites for hydroxylation is 1. The van der Waals surface area contributed by atoms with Crippen molar-refractivity contribution < 1.29 is 9.90 Å². The first-order valence-corrected chi connectivity index (χ1v) is 6.23. The van der Waals surface area contributed by atoms with Crippen LogP contribution in [0.25, 0.3) is 0 Å². The topological polar surface area (TPSA) is 49.3 Å². The number of hydrogen-bond donors (Lipinski definition) is 2. The molecule has 1 saturated carbocycles. The fraction of sp³-hybridized carbons (Fsp3) is 0.500. The molecule has 0 radical (unpaired) electrons. The molecule has 0 aromatic heterocycles. The molecule has 17 heavy (non-hydrogen) atoms. The summed E-state index contributed by atoms with van der Waals surface area (Å²) in [6, 6.07) is 7.47. The molecule has 92 valence electrons. The molecular weight excluding hydrogens is 214 g/mol. The van der Waals surface area contributed by atoms with Crippen molar-refractivity contribution in [1.82, 2.24) is 5.32 Å².